The van der Waals surface area contributed by atoms with E-state index in [1.54, 1.807) is 27.0 Å². The van der Waals surface area contributed by atoms with Crippen LogP contribution < -0.4 is 21.4 Å². The highest BCUT2D eigenvalue weighted by atomic mass is 19.1. The van der Waals surface area contributed by atoms with Gasteiger partial charge in [0, 0.05) is 31.2 Å². The van der Waals surface area contributed by atoms with Gasteiger partial charge in [-0.05, 0) is 70.5 Å². The van der Waals surface area contributed by atoms with Crippen molar-refractivity contribution in [3.05, 3.63) is 65.9 Å². The molecule has 0 bridgehead atoms. The molecule has 0 aliphatic rings. The van der Waals surface area contributed by atoms with Gasteiger partial charge in [0.05, 0.1) is 13.2 Å². The Morgan fingerprint density at radius 3 is 2.23 bits per heavy atom. The van der Waals surface area contributed by atoms with Crippen molar-refractivity contribution in [2.45, 2.75) is 46.7 Å². The summed E-state index contributed by atoms with van der Waals surface area (Å²) in [5.74, 6) is 5.44. The number of nitrogens with two attached hydrogens (primary N) is 2. The molecule has 0 saturated heterocycles. The Balaban J connectivity index is 2.38. The first kappa shape index (κ1) is 27.6. The number of esters is 1. The number of hydrogen-bond donors (Lipinski definition) is 2. The van der Waals surface area contributed by atoms with Crippen LogP contribution in [0.1, 0.15) is 40.2 Å². The molecule has 0 aliphatic carbocycles. The molecule has 9 nitrogen and oxygen atoms in total. The predicted octanol–water partition coefficient (Wildman–Crippen LogP) is 2.92. The van der Waals surface area contributed by atoms with Crippen LogP contribution in [0.5, 0.6) is 0 Å². The Morgan fingerprint density at radius 1 is 1.09 bits per heavy atom. The fourth-order valence-electron chi connectivity index (χ4n) is 3.35. The van der Waals surface area contributed by atoms with E-state index in [0.29, 0.717) is 5.69 Å². The van der Waals surface area contributed by atoms with E-state index in [-0.39, 0.29) is 18.8 Å². The minimum absolute atomic E-state index is 0.152. The zero-order valence-electron chi connectivity index (χ0n) is 21.0. The maximum Gasteiger partial charge on any atom is 0.355 e. The largest absolute Gasteiger partial charge is 0.461 e. The lowest BCUT2D eigenvalue weighted by molar-refractivity contribution is -0.139. The van der Waals surface area contributed by atoms with Gasteiger partial charge in [-0.25, -0.2) is 20.0 Å². The summed E-state index contributed by atoms with van der Waals surface area (Å²) in [4.78, 5) is 33.8. The summed E-state index contributed by atoms with van der Waals surface area (Å²) in [5, 5.41) is 1.07. The van der Waals surface area contributed by atoms with Gasteiger partial charge in [-0.2, -0.15) is 0 Å². The van der Waals surface area contributed by atoms with Crippen molar-refractivity contribution in [1.82, 2.24) is 9.99 Å². The first-order valence-electron chi connectivity index (χ1n) is 11.5. The predicted molar refractivity (Wildman–Crippen MR) is 134 cm³/mol. The van der Waals surface area contributed by atoms with Gasteiger partial charge in [0.25, 0.3) is 5.91 Å². The maximum atomic E-state index is 13.7. The van der Waals surface area contributed by atoms with Gasteiger partial charge in [-0.1, -0.05) is 6.07 Å². The molecule has 10 heteroatoms. The van der Waals surface area contributed by atoms with Gasteiger partial charge in [0.1, 0.15) is 22.9 Å². The molecular formula is C25H35FN6O3. The lowest BCUT2D eigenvalue weighted by Gasteiger charge is -2.37. The lowest BCUT2D eigenvalue weighted by Crippen LogP contribution is -2.57. The number of benzene rings is 1. The summed E-state index contributed by atoms with van der Waals surface area (Å²) in [7, 11) is 0. The lowest BCUT2D eigenvalue weighted by atomic mass is 10.0. The topological polar surface area (TPSA) is 118 Å². The quantitative estimate of drug-likeness (QED) is 0.215. The molecule has 1 aromatic heterocycles. The highest BCUT2D eigenvalue weighted by molar-refractivity contribution is 5.99. The van der Waals surface area contributed by atoms with Crippen molar-refractivity contribution in [2.24, 2.45) is 11.6 Å². The highest BCUT2D eigenvalue weighted by Gasteiger charge is 2.37. The molecule has 0 aliphatic heterocycles. The Labute approximate surface area is 206 Å². The third kappa shape index (κ3) is 6.92. The van der Waals surface area contributed by atoms with Crippen molar-refractivity contribution < 1.29 is 18.7 Å². The monoisotopic (exact) mass is 486 g/mol. The van der Waals surface area contributed by atoms with Crippen LogP contribution >= 0.6 is 0 Å². The van der Waals surface area contributed by atoms with Gasteiger partial charge < -0.3 is 25.3 Å². The zero-order chi connectivity index (χ0) is 26.2. The molecule has 190 valence electrons. The molecule has 0 atom stereocenters. The zero-order valence-corrected chi connectivity index (χ0v) is 21.0. The van der Waals surface area contributed by atoms with Crippen LogP contribution in [-0.4, -0.2) is 47.1 Å². The Bertz CT molecular complexity index is 1020. The van der Waals surface area contributed by atoms with Crippen LogP contribution in [0.2, 0.25) is 0 Å². The minimum atomic E-state index is -1.32. The smallest absolute Gasteiger partial charge is 0.355 e. The molecule has 2 aromatic rings. The number of amides is 1. The number of anilines is 2. The van der Waals surface area contributed by atoms with Crippen LogP contribution in [0.25, 0.3) is 0 Å². The maximum absolute atomic E-state index is 13.7. The first-order valence-corrected chi connectivity index (χ1v) is 11.5. The van der Waals surface area contributed by atoms with Crippen LogP contribution in [0.3, 0.4) is 0 Å². The van der Waals surface area contributed by atoms with E-state index in [2.05, 4.69) is 23.7 Å². The number of rotatable bonds is 11. The number of ether oxygens (including phenoxy) is 1. The molecule has 1 amide bonds. The summed E-state index contributed by atoms with van der Waals surface area (Å²) >= 11 is 0. The van der Waals surface area contributed by atoms with Crippen LogP contribution in [0.4, 0.5) is 15.9 Å². The molecule has 0 fully saturated rings. The van der Waals surface area contributed by atoms with Gasteiger partial charge in [0.2, 0.25) is 0 Å². The van der Waals surface area contributed by atoms with E-state index in [9.17, 15) is 14.0 Å². The average Bonchev–Trinajstić information content (AvgIpc) is 2.84. The van der Waals surface area contributed by atoms with Crippen molar-refractivity contribution in [3.63, 3.8) is 0 Å². The molecule has 0 unspecified atom stereocenters. The summed E-state index contributed by atoms with van der Waals surface area (Å²) < 4.78 is 18.5. The second-order valence-electron chi connectivity index (χ2n) is 8.34. The molecule has 35 heavy (non-hydrogen) atoms. The SMILES string of the molecule is CCOC(=O)/C(N)=C/N(N)C(C)(C)C(=O)N(Cc1ccc(N(CC)CC)nc1)c1ccc(F)cc1. The normalized spacial score (nSPS) is 11.7. The van der Waals surface area contributed by atoms with Crippen LogP contribution in [-0.2, 0) is 20.9 Å². The fourth-order valence-corrected chi connectivity index (χ4v) is 3.35. The van der Waals surface area contributed by atoms with E-state index in [0.717, 1.165) is 29.5 Å². The van der Waals surface area contributed by atoms with Crippen LogP contribution in [0, 0.1) is 5.82 Å². The highest BCUT2D eigenvalue weighted by Crippen LogP contribution is 2.25. The molecule has 1 heterocycles. The number of pyridine rings is 1. The number of nitrogens with zero attached hydrogens (tertiary/aromatic N) is 4. The number of carbonyl (C=O) groups is 2. The summed E-state index contributed by atoms with van der Waals surface area (Å²) in [5.41, 5.74) is 5.48. The second-order valence-corrected chi connectivity index (χ2v) is 8.34. The van der Waals surface area contributed by atoms with Gasteiger partial charge in [-0.3, -0.25) is 4.79 Å². The molecular weight excluding hydrogens is 451 g/mol. The summed E-state index contributed by atoms with van der Waals surface area (Å²) in [6, 6.07) is 9.40. The Hall–Kier alpha value is -3.66. The van der Waals surface area contributed by atoms with Crippen molar-refractivity contribution in [2.75, 3.05) is 29.5 Å². The third-order valence-electron chi connectivity index (χ3n) is 5.58. The van der Waals surface area contributed by atoms with E-state index < -0.39 is 23.2 Å². The van der Waals surface area contributed by atoms with E-state index >= 15 is 0 Å². The van der Waals surface area contributed by atoms with Gasteiger partial charge in [-0.15, -0.1) is 0 Å². The van der Waals surface area contributed by atoms with Crippen molar-refractivity contribution >= 4 is 23.4 Å². The van der Waals surface area contributed by atoms with Gasteiger partial charge >= 0.3 is 5.97 Å². The molecule has 0 radical (unpaired) electrons. The minimum Gasteiger partial charge on any atom is -0.461 e. The molecule has 0 spiro atoms. The van der Waals surface area contributed by atoms with Crippen LogP contribution in [0.15, 0.2) is 54.5 Å². The van der Waals surface area contributed by atoms with E-state index in [1.807, 2.05) is 12.1 Å². The second kappa shape index (κ2) is 12.2. The summed E-state index contributed by atoms with van der Waals surface area (Å²) in [6.45, 7) is 10.9. The number of halogens is 1. The first-order chi connectivity index (χ1) is 16.5. The van der Waals surface area contributed by atoms with Crippen molar-refractivity contribution in [1.29, 1.82) is 0 Å². The van der Waals surface area contributed by atoms with E-state index in [4.69, 9.17) is 16.3 Å². The molecule has 1 aromatic carbocycles. The number of aromatic nitrogens is 1. The summed E-state index contributed by atoms with van der Waals surface area (Å²) in [6.07, 6.45) is 2.88. The van der Waals surface area contributed by atoms with Gasteiger partial charge in [0.15, 0.2) is 0 Å². The van der Waals surface area contributed by atoms with Crippen molar-refractivity contribution in [3.8, 4) is 0 Å². The number of hydrogen-bond acceptors (Lipinski definition) is 8. The number of carbonyl (C=O) groups excluding carboxylic acids is 2. The molecule has 4 N–H and O–H groups in total. The third-order valence-corrected chi connectivity index (χ3v) is 5.58. The fraction of sp³-hybridized carbons (Fsp3) is 0.400. The Kier molecular flexibility index (Phi) is 9.59. The standard InChI is InChI=1S/C25H35FN6O3/c1-6-30(7-2)22-14-9-18(15-29-22)16-31(20-12-10-19(26)11-13-20)24(34)25(4,5)32(28)17-21(27)23(33)35-8-3/h9-15,17H,6-8,16,27-28H2,1-5H3/b21-17-. The molecule has 2 rings (SSSR count). The molecule has 0 saturated carbocycles. The van der Waals surface area contributed by atoms with E-state index in [1.165, 1.54) is 35.4 Å². The Morgan fingerprint density at radius 2 is 1.71 bits per heavy atom. The average molecular weight is 487 g/mol. The number of hydrazine groups is 1.